The van der Waals surface area contributed by atoms with Gasteiger partial charge in [-0.15, -0.1) is 0 Å². The highest BCUT2D eigenvalue weighted by Crippen LogP contribution is 2.33. The Hall–Kier alpha value is -3.67. The lowest BCUT2D eigenvalue weighted by molar-refractivity contribution is -0.149. The summed E-state index contributed by atoms with van der Waals surface area (Å²) in [7, 11) is 1.39. The molecule has 1 unspecified atom stereocenters. The number of hydrogen-bond acceptors (Lipinski definition) is 5. The first-order valence-corrected chi connectivity index (χ1v) is 12.6. The SMILES string of the molecule is CCCc1cc(-n2c(CC)nc3c(C)c(C)c(C)nc32)ccc1OC(C(=O)OC)c1ccccc1C. The summed E-state index contributed by atoms with van der Waals surface area (Å²) in [5, 5.41) is 0. The van der Waals surface area contributed by atoms with Crippen molar-refractivity contribution in [2.24, 2.45) is 0 Å². The van der Waals surface area contributed by atoms with Crippen LogP contribution < -0.4 is 4.74 Å². The molecule has 6 nitrogen and oxygen atoms in total. The van der Waals surface area contributed by atoms with Gasteiger partial charge in [0.25, 0.3) is 0 Å². The number of hydrogen-bond donors (Lipinski definition) is 0. The van der Waals surface area contributed by atoms with Gasteiger partial charge in [0.15, 0.2) is 5.65 Å². The van der Waals surface area contributed by atoms with Crippen LogP contribution in [-0.4, -0.2) is 27.6 Å². The van der Waals surface area contributed by atoms with Crippen molar-refractivity contribution in [1.82, 2.24) is 14.5 Å². The van der Waals surface area contributed by atoms with Gasteiger partial charge in [0.2, 0.25) is 6.10 Å². The van der Waals surface area contributed by atoms with E-state index in [-0.39, 0.29) is 0 Å². The van der Waals surface area contributed by atoms with E-state index in [1.807, 2.05) is 50.2 Å². The van der Waals surface area contributed by atoms with E-state index >= 15 is 0 Å². The highest BCUT2D eigenvalue weighted by atomic mass is 16.6. The van der Waals surface area contributed by atoms with Crippen molar-refractivity contribution in [2.75, 3.05) is 7.11 Å². The molecule has 0 fully saturated rings. The number of nitrogens with zero attached hydrogens (tertiary/aromatic N) is 3. The number of methoxy groups -OCH3 is 1. The average molecular weight is 486 g/mol. The number of carbonyl (C=O) groups excluding carboxylic acids is 1. The third kappa shape index (κ3) is 4.60. The van der Waals surface area contributed by atoms with Crippen LogP contribution in [0.4, 0.5) is 0 Å². The molecule has 2 aromatic carbocycles. The minimum atomic E-state index is -0.840. The van der Waals surface area contributed by atoms with Crippen molar-refractivity contribution in [3.8, 4) is 11.4 Å². The second-order valence-electron chi connectivity index (χ2n) is 9.26. The van der Waals surface area contributed by atoms with E-state index in [1.54, 1.807) is 0 Å². The Labute approximate surface area is 213 Å². The highest BCUT2D eigenvalue weighted by Gasteiger charge is 2.26. The summed E-state index contributed by atoms with van der Waals surface area (Å²) >= 11 is 0. The largest absolute Gasteiger partial charge is 0.474 e. The molecule has 0 bridgehead atoms. The molecule has 0 aliphatic rings. The van der Waals surface area contributed by atoms with Crippen molar-refractivity contribution in [2.45, 2.75) is 66.9 Å². The Morgan fingerprint density at radius 1 is 1.00 bits per heavy atom. The maximum absolute atomic E-state index is 12.7. The van der Waals surface area contributed by atoms with Gasteiger partial charge in [-0.3, -0.25) is 4.57 Å². The zero-order valence-electron chi connectivity index (χ0n) is 22.3. The van der Waals surface area contributed by atoms with Gasteiger partial charge in [0, 0.05) is 23.4 Å². The minimum Gasteiger partial charge on any atom is -0.474 e. The molecule has 4 rings (SSSR count). The maximum Gasteiger partial charge on any atom is 0.351 e. The summed E-state index contributed by atoms with van der Waals surface area (Å²) in [5.74, 6) is 1.22. The molecule has 0 saturated heterocycles. The van der Waals surface area contributed by atoms with Gasteiger partial charge < -0.3 is 9.47 Å². The molecule has 0 N–H and O–H groups in total. The quantitative estimate of drug-likeness (QED) is 0.268. The summed E-state index contributed by atoms with van der Waals surface area (Å²) in [6, 6.07) is 13.9. The molecular weight excluding hydrogens is 450 g/mol. The Kier molecular flexibility index (Phi) is 7.43. The van der Waals surface area contributed by atoms with Crippen LogP contribution in [0.15, 0.2) is 42.5 Å². The zero-order chi connectivity index (χ0) is 26.0. The van der Waals surface area contributed by atoms with Crippen LogP contribution in [0, 0.1) is 27.7 Å². The number of aryl methyl sites for hydroxylation is 5. The summed E-state index contributed by atoms with van der Waals surface area (Å²) < 4.78 is 13.6. The van der Waals surface area contributed by atoms with Gasteiger partial charge in [-0.2, -0.15) is 0 Å². The number of imidazole rings is 1. The first-order valence-electron chi connectivity index (χ1n) is 12.6. The van der Waals surface area contributed by atoms with Gasteiger partial charge in [0.05, 0.1) is 7.11 Å². The summed E-state index contributed by atoms with van der Waals surface area (Å²) in [4.78, 5) is 22.6. The average Bonchev–Trinajstić information content (AvgIpc) is 3.25. The van der Waals surface area contributed by atoms with E-state index in [9.17, 15) is 4.79 Å². The van der Waals surface area contributed by atoms with Gasteiger partial charge in [0.1, 0.15) is 17.1 Å². The van der Waals surface area contributed by atoms with E-state index < -0.39 is 12.1 Å². The van der Waals surface area contributed by atoms with E-state index in [0.29, 0.717) is 5.75 Å². The lowest BCUT2D eigenvalue weighted by atomic mass is 10.0. The molecule has 188 valence electrons. The molecule has 1 atom stereocenters. The molecule has 2 heterocycles. The van der Waals surface area contributed by atoms with Crippen LogP contribution >= 0.6 is 0 Å². The lowest BCUT2D eigenvalue weighted by Crippen LogP contribution is -2.21. The number of carbonyl (C=O) groups is 1. The van der Waals surface area contributed by atoms with Crippen LogP contribution in [0.5, 0.6) is 5.75 Å². The predicted molar refractivity (Wildman–Crippen MR) is 143 cm³/mol. The Bertz CT molecular complexity index is 1420. The molecule has 6 heteroatoms. The molecule has 0 saturated carbocycles. The highest BCUT2D eigenvalue weighted by molar-refractivity contribution is 5.80. The molecule has 0 spiro atoms. The van der Waals surface area contributed by atoms with Crippen LogP contribution in [0.2, 0.25) is 0 Å². The fraction of sp³-hybridized carbons (Fsp3) is 0.367. The van der Waals surface area contributed by atoms with Gasteiger partial charge in [-0.05, 0) is 74.6 Å². The first kappa shape index (κ1) is 25.4. The predicted octanol–water partition coefficient (Wildman–Crippen LogP) is 6.46. The molecule has 0 radical (unpaired) electrons. The molecular formula is C30H35N3O3. The van der Waals surface area contributed by atoms with Crippen LogP contribution in [0.25, 0.3) is 16.9 Å². The Balaban J connectivity index is 1.83. The van der Waals surface area contributed by atoms with Gasteiger partial charge in [-0.1, -0.05) is 44.5 Å². The summed E-state index contributed by atoms with van der Waals surface area (Å²) in [6.45, 7) is 12.5. The molecule has 4 aromatic rings. The van der Waals surface area contributed by atoms with E-state index in [2.05, 4.69) is 38.3 Å². The maximum atomic E-state index is 12.7. The van der Waals surface area contributed by atoms with Crippen molar-refractivity contribution in [3.63, 3.8) is 0 Å². The lowest BCUT2D eigenvalue weighted by Gasteiger charge is -2.21. The van der Waals surface area contributed by atoms with Crippen LogP contribution in [0.1, 0.15) is 65.7 Å². The first-order chi connectivity index (χ1) is 17.3. The van der Waals surface area contributed by atoms with E-state index in [1.165, 1.54) is 18.2 Å². The second-order valence-corrected chi connectivity index (χ2v) is 9.26. The van der Waals surface area contributed by atoms with Gasteiger partial charge >= 0.3 is 5.97 Å². The van der Waals surface area contributed by atoms with Gasteiger partial charge in [-0.25, -0.2) is 14.8 Å². The summed E-state index contributed by atoms with van der Waals surface area (Å²) in [6.07, 6.45) is 1.69. The molecule has 0 amide bonds. The normalized spacial score (nSPS) is 12.1. The molecule has 0 aliphatic heterocycles. The number of ether oxygens (including phenoxy) is 2. The summed E-state index contributed by atoms with van der Waals surface area (Å²) in [5.41, 5.74) is 8.97. The van der Waals surface area contributed by atoms with Crippen molar-refractivity contribution < 1.29 is 14.3 Å². The Morgan fingerprint density at radius 2 is 1.75 bits per heavy atom. The standard InChI is InChI=1S/C30H35N3O3/c1-8-12-22-17-23(33-26(9-2)32-27-20(5)19(4)21(6)31-29(27)33)15-16-25(22)36-28(30(34)35-7)24-14-11-10-13-18(24)3/h10-11,13-17,28H,8-9,12H2,1-7H3. The number of rotatable bonds is 8. The number of aromatic nitrogens is 3. The third-order valence-corrected chi connectivity index (χ3v) is 6.93. The third-order valence-electron chi connectivity index (χ3n) is 6.93. The topological polar surface area (TPSA) is 66.2 Å². The molecule has 36 heavy (non-hydrogen) atoms. The molecule has 2 aromatic heterocycles. The number of fused-ring (bicyclic) bond motifs is 1. The van der Waals surface area contributed by atoms with Crippen LogP contribution in [0.3, 0.4) is 0 Å². The monoisotopic (exact) mass is 485 g/mol. The Morgan fingerprint density at radius 3 is 2.42 bits per heavy atom. The number of pyridine rings is 1. The van der Waals surface area contributed by atoms with E-state index in [0.717, 1.165) is 64.3 Å². The fourth-order valence-electron chi connectivity index (χ4n) is 4.65. The van der Waals surface area contributed by atoms with Crippen molar-refractivity contribution in [1.29, 1.82) is 0 Å². The zero-order valence-corrected chi connectivity index (χ0v) is 22.3. The number of benzene rings is 2. The van der Waals surface area contributed by atoms with Crippen molar-refractivity contribution >= 4 is 17.1 Å². The fourth-order valence-corrected chi connectivity index (χ4v) is 4.65. The number of esters is 1. The van der Waals surface area contributed by atoms with Crippen LogP contribution in [-0.2, 0) is 22.4 Å². The second kappa shape index (κ2) is 10.5. The van der Waals surface area contributed by atoms with Crippen molar-refractivity contribution in [3.05, 3.63) is 81.8 Å². The smallest absolute Gasteiger partial charge is 0.351 e. The minimum absolute atomic E-state index is 0.421. The van der Waals surface area contributed by atoms with E-state index in [4.69, 9.17) is 19.4 Å². The molecule has 0 aliphatic carbocycles.